The van der Waals surface area contributed by atoms with Crippen LogP contribution in [-0.2, 0) is 6.54 Å². The van der Waals surface area contributed by atoms with Gasteiger partial charge in [0.15, 0.2) is 0 Å². The Bertz CT molecular complexity index is 823. The van der Waals surface area contributed by atoms with Crippen molar-refractivity contribution < 1.29 is 4.79 Å². The van der Waals surface area contributed by atoms with E-state index in [4.69, 9.17) is 0 Å². The molecule has 0 spiro atoms. The van der Waals surface area contributed by atoms with Crippen molar-refractivity contribution in [2.75, 3.05) is 6.54 Å². The quantitative estimate of drug-likeness (QED) is 0.781. The van der Waals surface area contributed by atoms with Crippen LogP contribution < -0.4 is 5.32 Å². The molecule has 7 heteroatoms. The first-order chi connectivity index (χ1) is 11.1. The lowest BCUT2D eigenvalue weighted by Crippen LogP contribution is -2.27. The van der Waals surface area contributed by atoms with Crippen molar-refractivity contribution in [1.29, 1.82) is 0 Å². The predicted octanol–water partition coefficient (Wildman–Crippen LogP) is 2.45. The van der Waals surface area contributed by atoms with E-state index >= 15 is 0 Å². The molecule has 3 aromatic rings. The molecule has 6 nitrogen and oxygen atoms in total. The minimum absolute atomic E-state index is 0.0918. The molecule has 1 amide bonds. The minimum atomic E-state index is -0.0918. The highest BCUT2D eigenvalue weighted by Gasteiger charge is 2.09. The van der Waals surface area contributed by atoms with Gasteiger partial charge in [-0.1, -0.05) is 12.1 Å². The lowest BCUT2D eigenvalue weighted by molar-refractivity contribution is 0.0952. The van der Waals surface area contributed by atoms with Gasteiger partial charge in [0.05, 0.1) is 0 Å². The molecule has 0 fully saturated rings. The van der Waals surface area contributed by atoms with Gasteiger partial charge < -0.3 is 9.88 Å². The first kappa shape index (κ1) is 15.4. The SMILES string of the molecule is Cc1csc(-c2cccc(C(=O)NCCn3cnnc3C)c2)n1. The molecule has 0 saturated heterocycles. The Morgan fingerprint density at radius 3 is 2.91 bits per heavy atom. The van der Waals surface area contributed by atoms with Crippen LogP contribution in [0.15, 0.2) is 36.0 Å². The van der Waals surface area contributed by atoms with E-state index in [0.29, 0.717) is 18.7 Å². The number of nitrogens with one attached hydrogen (secondary N) is 1. The molecule has 2 aromatic heterocycles. The van der Waals surface area contributed by atoms with Crippen molar-refractivity contribution in [3.05, 3.63) is 53.1 Å². The summed E-state index contributed by atoms with van der Waals surface area (Å²) in [5.41, 5.74) is 2.59. The summed E-state index contributed by atoms with van der Waals surface area (Å²) in [6.45, 7) is 5.02. The molecule has 1 N–H and O–H groups in total. The maximum absolute atomic E-state index is 12.3. The maximum Gasteiger partial charge on any atom is 0.251 e. The van der Waals surface area contributed by atoms with Gasteiger partial charge in [-0.25, -0.2) is 4.98 Å². The van der Waals surface area contributed by atoms with Gasteiger partial charge >= 0.3 is 0 Å². The van der Waals surface area contributed by atoms with Crippen molar-refractivity contribution in [2.45, 2.75) is 20.4 Å². The molecule has 0 atom stereocenters. The van der Waals surface area contributed by atoms with E-state index in [0.717, 1.165) is 22.1 Å². The average molecular weight is 327 g/mol. The predicted molar refractivity (Wildman–Crippen MR) is 89.4 cm³/mol. The van der Waals surface area contributed by atoms with Crippen molar-refractivity contribution in [2.24, 2.45) is 0 Å². The molecule has 0 aliphatic heterocycles. The summed E-state index contributed by atoms with van der Waals surface area (Å²) in [5, 5.41) is 13.6. The van der Waals surface area contributed by atoms with Crippen LogP contribution in [0.3, 0.4) is 0 Å². The normalized spacial score (nSPS) is 10.7. The van der Waals surface area contributed by atoms with Crippen LogP contribution >= 0.6 is 11.3 Å². The smallest absolute Gasteiger partial charge is 0.251 e. The summed E-state index contributed by atoms with van der Waals surface area (Å²) in [7, 11) is 0. The molecule has 0 unspecified atom stereocenters. The zero-order chi connectivity index (χ0) is 16.2. The lowest BCUT2D eigenvalue weighted by Gasteiger charge is -2.07. The standard InChI is InChI=1S/C16H17N5OS/c1-11-9-23-16(19-11)14-5-3-4-13(8-14)15(22)17-6-7-21-10-18-20-12(21)2/h3-5,8-10H,6-7H2,1-2H3,(H,17,22). The number of rotatable bonds is 5. The van der Waals surface area contributed by atoms with Gasteiger partial charge in [0, 0.05) is 35.3 Å². The van der Waals surface area contributed by atoms with Crippen LogP contribution in [0, 0.1) is 13.8 Å². The number of hydrogen-bond donors (Lipinski definition) is 1. The number of hydrogen-bond acceptors (Lipinski definition) is 5. The fraction of sp³-hybridized carbons (Fsp3) is 0.250. The number of amides is 1. The lowest BCUT2D eigenvalue weighted by atomic mass is 10.1. The third-order valence-corrected chi connectivity index (χ3v) is 4.45. The largest absolute Gasteiger partial charge is 0.350 e. The third-order valence-electron chi connectivity index (χ3n) is 3.44. The maximum atomic E-state index is 12.3. The summed E-state index contributed by atoms with van der Waals surface area (Å²) in [5.74, 6) is 0.742. The second-order valence-electron chi connectivity index (χ2n) is 5.20. The third kappa shape index (κ3) is 3.62. The number of thiazole rings is 1. The molecule has 0 aliphatic carbocycles. The highest BCUT2D eigenvalue weighted by Crippen LogP contribution is 2.24. The van der Waals surface area contributed by atoms with E-state index < -0.39 is 0 Å². The number of aryl methyl sites for hydroxylation is 2. The number of benzene rings is 1. The van der Waals surface area contributed by atoms with Gasteiger partial charge in [0.2, 0.25) is 0 Å². The molecule has 0 aliphatic rings. The monoisotopic (exact) mass is 327 g/mol. The van der Waals surface area contributed by atoms with Gasteiger partial charge in [-0.15, -0.1) is 21.5 Å². The fourth-order valence-corrected chi connectivity index (χ4v) is 3.00. The van der Waals surface area contributed by atoms with Crippen LogP contribution in [0.2, 0.25) is 0 Å². The van der Waals surface area contributed by atoms with E-state index in [2.05, 4.69) is 20.5 Å². The molecule has 0 bridgehead atoms. The topological polar surface area (TPSA) is 72.7 Å². The number of nitrogens with zero attached hydrogens (tertiary/aromatic N) is 4. The van der Waals surface area contributed by atoms with Gasteiger partial charge in [-0.2, -0.15) is 0 Å². The van der Waals surface area contributed by atoms with Crippen molar-refractivity contribution in [3.8, 4) is 10.6 Å². The second-order valence-corrected chi connectivity index (χ2v) is 6.06. The van der Waals surface area contributed by atoms with Gasteiger partial charge in [0.25, 0.3) is 5.91 Å². The molecule has 3 rings (SSSR count). The van der Waals surface area contributed by atoms with Gasteiger partial charge in [-0.3, -0.25) is 4.79 Å². The van der Waals surface area contributed by atoms with Crippen LogP contribution in [0.1, 0.15) is 21.9 Å². The Balaban J connectivity index is 1.64. The molecule has 1 aromatic carbocycles. The van der Waals surface area contributed by atoms with E-state index in [-0.39, 0.29) is 5.91 Å². The molecule has 23 heavy (non-hydrogen) atoms. The van der Waals surface area contributed by atoms with Crippen LogP contribution in [0.5, 0.6) is 0 Å². The highest BCUT2D eigenvalue weighted by molar-refractivity contribution is 7.13. The summed E-state index contributed by atoms with van der Waals surface area (Å²) in [6.07, 6.45) is 1.66. The summed E-state index contributed by atoms with van der Waals surface area (Å²) in [4.78, 5) is 16.7. The zero-order valence-electron chi connectivity index (χ0n) is 13.0. The molecular weight excluding hydrogens is 310 g/mol. The van der Waals surface area contributed by atoms with Crippen LogP contribution in [0.4, 0.5) is 0 Å². The molecular formula is C16H17N5OS. The second kappa shape index (κ2) is 6.70. The van der Waals surface area contributed by atoms with E-state index in [9.17, 15) is 4.79 Å². The average Bonchev–Trinajstić information content (AvgIpc) is 3.16. The first-order valence-corrected chi connectivity index (χ1v) is 8.16. The summed E-state index contributed by atoms with van der Waals surface area (Å²) < 4.78 is 1.90. The zero-order valence-corrected chi connectivity index (χ0v) is 13.8. The van der Waals surface area contributed by atoms with Crippen molar-refractivity contribution in [3.63, 3.8) is 0 Å². The molecule has 0 radical (unpaired) electrons. The minimum Gasteiger partial charge on any atom is -0.350 e. The fourth-order valence-electron chi connectivity index (χ4n) is 2.20. The Hall–Kier alpha value is -2.54. The van der Waals surface area contributed by atoms with Crippen molar-refractivity contribution >= 4 is 17.2 Å². The number of carbonyl (C=O) groups is 1. The van der Waals surface area contributed by atoms with Gasteiger partial charge in [0.1, 0.15) is 17.2 Å². The summed E-state index contributed by atoms with van der Waals surface area (Å²) in [6, 6.07) is 7.53. The van der Waals surface area contributed by atoms with Crippen LogP contribution in [-0.4, -0.2) is 32.2 Å². The van der Waals surface area contributed by atoms with Gasteiger partial charge in [-0.05, 0) is 26.0 Å². The van der Waals surface area contributed by atoms with Crippen LogP contribution in [0.25, 0.3) is 10.6 Å². The summed E-state index contributed by atoms with van der Waals surface area (Å²) >= 11 is 1.58. The van der Waals surface area contributed by atoms with Crippen molar-refractivity contribution in [1.82, 2.24) is 25.1 Å². The molecule has 2 heterocycles. The van der Waals surface area contributed by atoms with E-state index in [1.165, 1.54) is 0 Å². The van der Waals surface area contributed by atoms with E-state index in [1.54, 1.807) is 17.7 Å². The first-order valence-electron chi connectivity index (χ1n) is 7.28. The Morgan fingerprint density at radius 2 is 2.22 bits per heavy atom. The number of carbonyl (C=O) groups excluding carboxylic acids is 1. The highest BCUT2D eigenvalue weighted by atomic mass is 32.1. The number of aromatic nitrogens is 4. The Labute approximate surface area is 138 Å². The molecule has 118 valence electrons. The molecule has 0 saturated carbocycles. The Morgan fingerprint density at radius 1 is 1.35 bits per heavy atom. The Kier molecular flexibility index (Phi) is 4.47. The van der Waals surface area contributed by atoms with E-state index in [1.807, 2.05) is 48.1 Å².